The minimum absolute atomic E-state index is 0. The molecule has 101 valence electrons. The lowest BCUT2D eigenvalue weighted by atomic mass is 10.1. The molecule has 0 bridgehead atoms. The molecule has 18 heavy (non-hydrogen) atoms. The van der Waals surface area contributed by atoms with E-state index in [0.29, 0.717) is 0 Å². The average Bonchev–Trinajstić information content (AvgIpc) is 2.15. The Labute approximate surface area is 107 Å². The summed E-state index contributed by atoms with van der Waals surface area (Å²) in [7, 11) is -3.55. The van der Waals surface area contributed by atoms with Crippen molar-refractivity contribution in [3.63, 3.8) is 0 Å². The Balaban J connectivity index is 0.000000873. The van der Waals surface area contributed by atoms with Gasteiger partial charge in [-0.1, -0.05) is 0 Å². The monoisotopic (exact) mass is 276 g/mol. The van der Waals surface area contributed by atoms with Crippen molar-refractivity contribution >= 4 is 17.7 Å². The van der Waals surface area contributed by atoms with E-state index in [-0.39, 0.29) is 12.6 Å². The maximum Gasteiger partial charge on any atom is 0.482 e. The number of sulfonamides is 1. The molecule has 0 saturated carbocycles. The third-order valence-corrected chi connectivity index (χ3v) is 3.34. The van der Waals surface area contributed by atoms with E-state index in [0.717, 1.165) is 12.1 Å². The summed E-state index contributed by atoms with van der Waals surface area (Å²) in [6.07, 6.45) is 0. The van der Waals surface area contributed by atoms with E-state index in [1.807, 2.05) is 0 Å². The second-order valence-corrected chi connectivity index (χ2v) is 6.11. The molecule has 0 unspecified atom stereocenters. The molecule has 0 atom stereocenters. The van der Waals surface area contributed by atoms with Gasteiger partial charge in [0.25, 0.3) is 0 Å². The maximum atomic E-state index is 12.6. The van der Waals surface area contributed by atoms with Crippen LogP contribution in [-0.4, -0.2) is 31.7 Å². The summed E-state index contributed by atoms with van der Waals surface area (Å²) >= 11 is 0. The van der Waals surface area contributed by atoms with Crippen LogP contribution in [0.5, 0.6) is 0 Å². The Hall–Kier alpha value is -0.955. The predicted octanol–water partition coefficient (Wildman–Crippen LogP) is 0.408. The summed E-state index contributed by atoms with van der Waals surface area (Å²) in [4.78, 5) is 0.0684. The topological polar surface area (TPSA) is 86.6 Å². The summed E-state index contributed by atoms with van der Waals surface area (Å²) in [5, 5.41) is 14.0. The number of hydrogen-bond acceptors (Lipinski definition) is 4. The van der Waals surface area contributed by atoms with Gasteiger partial charge >= 0.3 is 7.69 Å². The Kier molecular flexibility index (Phi) is 6.48. The molecule has 0 amide bonds. The van der Waals surface area contributed by atoms with Gasteiger partial charge in [0, 0.05) is 5.54 Å². The van der Waals surface area contributed by atoms with Crippen molar-refractivity contribution in [1.29, 1.82) is 0 Å². The second-order valence-electron chi connectivity index (χ2n) is 4.42. The molecular formula is C10H16BFNO4S. The summed E-state index contributed by atoms with van der Waals surface area (Å²) in [5.41, 5.74) is -0.548. The van der Waals surface area contributed by atoms with Crippen LogP contribution in [-0.2, 0) is 10.0 Å². The van der Waals surface area contributed by atoms with E-state index in [1.165, 1.54) is 12.1 Å². The quantitative estimate of drug-likeness (QED) is 0.683. The molecular weight excluding hydrogens is 260 g/mol. The lowest BCUT2D eigenvalue weighted by molar-refractivity contribution is 0.448. The molecule has 8 heteroatoms. The highest BCUT2D eigenvalue weighted by atomic mass is 32.2. The Morgan fingerprint density at radius 3 is 1.89 bits per heavy atom. The summed E-state index contributed by atoms with van der Waals surface area (Å²) in [6, 6.07) is 4.72. The number of benzene rings is 1. The van der Waals surface area contributed by atoms with Gasteiger partial charge < -0.3 is 10.0 Å². The van der Waals surface area contributed by atoms with Crippen LogP contribution in [0.25, 0.3) is 0 Å². The molecule has 1 radical (unpaired) electrons. The highest BCUT2D eigenvalue weighted by Gasteiger charge is 2.21. The number of rotatable bonds is 2. The molecule has 0 fully saturated rings. The number of hydrogen-bond donors (Lipinski definition) is 3. The van der Waals surface area contributed by atoms with Gasteiger partial charge in [0.15, 0.2) is 0 Å². The third-order valence-electron chi connectivity index (χ3n) is 1.56. The van der Waals surface area contributed by atoms with Crippen molar-refractivity contribution in [3.8, 4) is 0 Å². The van der Waals surface area contributed by atoms with Gasteiger partial charge in [-0.3, -0.25) is 0 Å². The largest absolute Gasteiger partial charge is 0.482 e. The first-order chi connectivity index (χ1) is 8.12. The van der Waals surface area contributed by atoms with Crippen molar-refractivity contribution < 1.29 is 22.9 Å². The molecule has 0 aromatic heterocycles. The second kappa shape index (κ2) is 6.84. The first-order valence-electron chi connectivity index (χ1n) is 5.02. The molecule has 3 N–H and O–H groups in total. The minimum atomic E-state index is -3.55. The summed E-state index contributed by atoms with van der Waals surface area (Å²) in [6.45, 7) is 5.23. The standard InChI is InChI=1S/C10H14FNO2S.BH2O2/c1-10(2,3)12-15(13,14)9-6-4-8(11)5-7-9;2-1-3/h4-7,12H,1-3H3;2-3H. The lowest BCUT2D eigenvalue weighted by Crippen LogP contribution is -2.40. The average molecular weight is 276 g/mol. The van der Waals surface area contributed by atoms with Crippen LogP contribution in [0.3, 0.4) is 0 Å². The van der Waals surface area contributed by atoms with Crippen LogP contribution in [0.15, 0.2) is 29.2 Å². The molecule has 0 spiro atoms. The summed E-state index contributed by atoms with van der Waals surface area (Å²) < 4.78 is 38.5. The van der Waals surface area contributed by atoms with Gasteiger partial charge in [-0.2, -0.15) is 0 Å². The van der Waals surface area contributed by atoms with Crippen LogP contribution in [0.4, 0.5) is 4.39 Å². The van der Waals surface area contributed by atoms with E-state index >= 15 is 0 Å². The molecule has 1 rings (SSSR count). The van der Waals surface area contributed by atoms with Crippen LogP contribution < -0.4 is 4.72 Å². The zero-order valence-electron chi connectivity index (χ0n) is 10.4. The Morgan fingerprint density at radius 2 is 1.56 bits per heavy atom. The van der Waals surface area contributed by atoms with Gasteiger partial charge in [-0.05, 0) is 45.0 Å². The van der Waals surface area contributed by atoms with E-state index in [1.54, 1.807) is 20.8 Å². The number of nitrogens with one attached hydrogen (secondary N) is 1. The van der Waals surface area contributed by atoms with Gasteiger partial charge in [0.1, 0.15) is 5.82 Å². The first-order valence-corrected chi connectivity index (χ1v) is 6.50. The molecule has 0 heterocycles. The fourth-order valence-corrected chi connectivity index (χ4v) is 2.49. The van der Waals surface area contributed by atoms with Crippen LogP contribution in [0.2, 0.25) is 0 Å². The van der Waals surface area contributed by atoms with Gasteiger partial charge in [-0.25, -0.2) is 17.5 Å². The molecule has 0 aliphatic heterocycles. The lowest BCUT2D eigenvalue weighted by Gasteiger charge is -2.20. The van der Waals surface area contributed by atoms with E-state index < -0.39 is 21.4 Å². The molecule has 0 aliphatic carbocycles. The van der Waals surface area contributed by atoms with E-state index in [9.17, 15) is 12.8 Å². The Bertz CT molecular complexity index is 456. The van der Waals surface area contributed by atoms with Crippen LogP contribution in [0.1, 0.15) is 20.8 Å². The molecule has 5 nitrogen and oxygen atoms in total. The van der Waals surface area contributed by atoms with E-state index in [4.69, 9.17) is 10.0 Å². The minimum Gasteiger partial charge on any atom is -0.429 e. The maximum absolute atomic E-state index is 12.6. The summed E-state index contributed by atoms with van der Waals surface area (Å²) in [5.74, 6) is -0.454. The van der Waals surface area contributed by atoms with Gasteiger partial charge in [0.2, 0.25) is 10.0 Å². The highest BCUT2D eigenvalue weighted by molar-refractivity contribution is 7.89. The molecule has 0 saturated heterocycles. The number of halogens is 1. The Morgan fingerprint density at radius 1 is 1.17 bits per heavy atom. The smallest absolute Gasteiger partial charge is 0.429 e. The zero-order valence-corrected chi connectivity index (χ0v) is 11.2. The highest BCUT2D eigenvalue weighted by Crippen LogP contribution is 2.12. The van der Waals surface area contributed by atoms with Gasteiger partial charge in [-0.15, -0.1) is 0 Å². The molecule has 1 aromatic carbocycles. The fraction of sp³-hybridized carbons (Fsp3) is 0.400. The van der Waals surface area contributed by atoms with Crippen molar-refractivity contribution in [2.75, 3.05) is 0 Å². The van der Waals surface area contributed by atoms with E-state index in [2.05, 4.69) is 4.72 Å². The molecule has 1 aromatic rings. The first kappa shape index (κ1) is 17.0. The van der Waals surface area contributed by atoms with Crippen molar-refractivity contribution in [1.82, 2.24) is 4.72 Å². The zero-order chi connectivity index (χ0) is 14.4. The third kappa shape index (κ3) is 6.70. The molecule has 0 aliphatic rings. The fourth-order valence-electron chi connectivity index (χ4n) is 1.08. The normalized spacial score (nSPS) is 11.4. The van der Waals surface area contributed by atoms with Crippen molar-refractivity contribution in [3.05, 3.63) is 30.1 Å². The van der Waals surface area contributed by atoms with Crippen molar-refractivity contribution in [2.45, 2.75) is 31.2 Å². The van der Waals surface area contributed by atoms with Crippen LogP contribution in [0, 0.1) is 5.82 Å². The van der Waals surface area contributed by atoms with Crippen molar-refractivity contribution in [2.24, 2.45) is 0 Å². The predicted molar refractivity (Wildman–Crippen MR) is 66.7 cm³/mol. The van der Waals surface area contributed by atoms with Gasteiger partial charge in [0.05, 0.1) is 4.90 Å². The van der Waals surface area contributed by atoms with Crippen LogP contribution >= 0.6 is 0 Å². The SMILES string of the molecule is CC(C)(C)NS(=O)(=O)c1ccc(F)cc1.O[B]O.